The fraction of sp³-hybridized carbons (Fsp3) is 0.538. The Labute approximate surface area is 192 Å². The first kappa shape index (κ1) is 25.3. The number of nitrogens with zero attached hydrogens (tertiary/aromatic N) is 1. The highest BCUT2D eigenvalue weighted by atomic mass is 32.2. The zero-order valence-electron chi connectivity index (χ0n) is 19.7. The van der Waals surface area contributed by atoms with Crippen LogP contribution < -0.4 is 5.32 Å². The van der Waals surface area contributed by atoms with Crippen LogP contribution in [0.5, 0.6) is 0 Å². The van der Waals surface area contributed by atoms with E-state index in [1.807, 2.05) is 29.2 Å². The van der Waals surface area contributed by atoms with E-state index in [4.69, 9.17) is 0 Å². The largest absolute Gasteiger partial charge is 0.350 e. The zero-order chi connectivity index (χ0) is 23.2. The number of benzene rings is 1. The quantitative estimate of drug-likeness (QED) is 0.522. The standard InChI is InChI=1S/C26H38N2O2S/c1-8-19-15-23(28(17-19)25(30)22(9-2)26(5,6)7)24(29)27-16-20-11-13-21(14-12-20)18(4)31-10-3/h10-14,19,22-23H,3-4,8-9,15-17H2,1-2,5-7H3,(H,27,29). The third-order valence-corrected chi connectivity index (χ3v) is 6.96. The Morgan fingerprint density at radius 2 is 1.90 bits per heavy atom. The first-order chi connectivity index (χ1) is 14.6. The van der Waals surface area contributed by atoms with Crippen LogP contribution >= 0.6 is 11.8 Å². The monoisotopic (exact) mass is 442 g/mol. The lowest BCUT2D eigenvalue weighted by Crippen LogP contribution is -2.49. The van der Waals surface area contributed by atoms with Crippen LogP contribution in [0.15, 0.2) is 42.8 Å². The molecule has 0 spiro atoms. The van der Waals surface area contributed by atoms with E-state index in [1.54, 1.807) is 5.41 Å². The molecule has 0 aliphatic carbocycles. The van der Waals surface area contributed by atoms with Gasteiger partial charge in [0.15, 0.2) is 0 Å². The van der Waals surface area contributed by atoms with Gasteiger partial charge in [-0.25, -0.2) is 0 Å². The molecule has 5 heteroatoms. The Bertz CT molecular complexity index is 795. The summed E-state index contributed by atoms with van der Waals surface area (Å²) in [7, 11) is 0. The summed E-state index contributed by atoms with van der Waals surface area (Å²) in [4.78, 5) is 29.2. The van der Waals surface area contributed by atoms with Crippen LogP contribution in [0.25, 0.3) is 4.91 Å². The number of rotatable bonds is 9. The van der Waals surface area contributed by atoms with Gasteiger partial charge in [-0.05, 0) is 40.7 Å². The summed E-state index contributed by atoms with van der Waals surface area (Å²) >= 11 is 1.50. The van der Waals surface area contributed by atoms with E-state index in [0.717, 1.165) is 35.3 Å². The first-order valence-electron chi connectivity index (χ1n) is 11.3. The summed E-state index contributed by atoms with van der Waals surface area (Å²) < 4.78 is 0. The average Bonchev–Trinajstić information content (AvgIpc) is 3.16. The molecule has 4 nitrogen and oxygen atoms in total. The maximum Gasteiger partial charge on any atom is 0.243 e. The van der Waals surface area contributed by atoms with Crippen molar-refractivity contribution in [1.82, 2.24) is 10.2 Å². The second kappa shape index (κ2) is 11.0. The van der Waals surface area contributed by atoms with Gasteiger partial charge in [-0.1, -0.05) is 90.2 Å². The molecule has 0 radical (unpaired) electrons. The molecule has 3 atom stereocenters. The van der Waals surface area contributed by atoms with E-state index >= 15 is 0 Å². The molecule has 31 heavy (non-hydrogen) atoms. The van der Waals surface area contributed by atoms with Crippen LogP contribution in [0.4, 0.5) is 0 Å². The van der Waals surface area contributed by atoms with E-state index in [1.165, 1.54) is 11.8 Å². The van der Waals surface area contributed by atoms with Crippen molar-refractivity contribution in [2.45, 2.75) is 66.5 Å². The molecule has 1 aliphatic heterocycles. The smallest absolute Gasteiger partial charge is 0.243 e. The van der Waals surface area contributed by atoms with Crippen LogP contribution in [0.3, 0.4) is 0 Å². The highest BCUT2D eigenvalue weighted by molar-refractivity contribution is 8.10. The fourth-order valence-corrected chi connectivity index (χ4v) is 4.83. The van der Waals surface area contributed by atoms with Gasteiger partial charge in [0.1, 0.15) is 6.04 Å². The Morgan fingerprint density at radius 1 is 1.26 bits per heavy atom. The number of nitrogens with one attached hydrogen (secondary N) is 1. The number of carbonyl (C=O) groups is 2. The summed E-state index contributed by atoms with van der Waals surface area (Å²) in [6.07, 6.45) is 2.51. The summed E-state index contributed by atoms with van der Waals surface area (Å²) in [6.45, 7) is 19.4. The minimum atomic E-state index is -0.378. The van der Waals surface area contributed by atoms with Gasteiger partial charge in [-0.15, -0.1) is 0 Å². The van der Waals surface area contributed by atoms with E-state index in [9.17, 15) is 9.59 Å². The van der Waals surface area contributed by atoms with Gasteiger partial charge in [0, 0.05) is 23.9 Å². The van der Waals surface area contributed by atoms with E-state index in [0.29, 0.717) is 19.0 Å². The average molecular weight is 443 g/mol. The van der Waals surface area contributed by atoms with Crippen molar-refractivity contribution in [3.05, 3.63) is 54.0 Å². The Balaban J connectivity index is 2.06. The molecule has 1 heterocycles. The third-order valence-electron chi connectivity index (χ3n) is 6.27. The molecule has 1 aliphatic rings. The van der Waals surface area contributed by atoms with Crippen LogP contribution in [0.1, 0.15) is 65.0 Å². The molecule has 1 aromatic carbocycles. The minimum absolute atomic E-state index is 0.0521. The van der Waals surface area contributed by atoms with Crippen molar-refractivity contribution in [3.8, 4) is 0 Å². The lowest BCUT2D eigenvalue weighted by Gasteiger charge is -2.34. The van der Waals surface area contributed by atoms with E-state index in [-0.39, 0.29) is 29.2 Å². The van der Waals surface area contributed by atoms with Gasteiger partial charge < -0.3 is 10.2 Å². The summed E-state index contributed by atoms with van der Waals surface area (Å²) in [5.74, 6) is 0.370. The second-order valence-corrected chi connectivity index (χ2v) is 10.5. The van der Waals surface area contributed by atoms with Gasteiger partial charge in [-0.2, -0.15) is 0 Å². The van der Waals surface area contributed by atoms with Crippen molar-refractivity contribution in [3.63, 3.8) is 0 Å². The molecule has 0 aromatic heterocycles. The third kappa shape index (κ3) is 6.49. The number of amides is 2. The molecule has 1 saturated heterocycles. The Hall–Kier alpha value is -2.01. The van der Waals surface area contributed by atoms with Crippen molar-refractivity contribution in [1.29, 1.82) is 0 Å². The lowest BCUT2D eigenvalue weighted by atomic mass is 9.78. The van der Waals surface area contributed by atoms with Gasteiger partial charge >= 0.3 is 0 Å². The highest BCUT2D eigenvalue weighted by Gasteiger charge is 2.43. The number of thioether (sulfide) groups is 1. The minimum Gasteiger partial charge on any atom is -0.350 e. The van der Waals surface area contributed by atoms with Crippen molar-refractivity contribution in [2.75, 3.05) is 6.54 Å². The highest BCUT2D eigenvalue weighted by Crippen LogP contribution is 2.34. The fourth-order valence-electron chi connectivity index (χ4n) is 4.35. The maximum atomic E-state index is 13.4. The maximum absolute atomic E-state index is 13.4. The topological polar surface area (TPSA) is 49.4 Å². The van der Waals surface area contributed by atoms with Gasteiger partial charge in [0.05, 0.1) is 0 Å². The van der Waals surface area contributed by atoms with Crippen LogP contribution in [0.2, 0.25) is 0 Å². The Kier molecular flexibility index (Phi) is 8.99. The molecule has 3 unspecified atom stereocenters. The molecule has 1 aromatic rings. The normalized spacial score (nSPS) is 19.7. The molecular weight excluding hydrogens is 404 g/mol. The molecule has 1 fully saturated rings. The molecule has 0 saturated carbocycles. The van der Waals surface area contributed by atoms with E-state index < -0.39 is 0 Å². The summed E-state index contributed by atoms with van der Waals surface area (Å²) in [5, 5.41) is 4.82. The van der Waals surface area contributed by atoms with Gasteiger partial charge in [0.25, 0.3) is 0 Å². The van der Waals surface area contributed by atoms with Crippen LogP contribution in [-0.2, 0) is 16.1 Å². The van der Waals surface area contributed by atoms with Crippen molar-refractivity contribution >= 4 is 28.5 Å². The number of carbonyl (C=O) groups excluding carboxylic acids is 2. The lowest BCUT2D eigenvalue weighted by molar-refractivity contribution is -0.144. The summed E-state index contributed by atoms with van der Waals surface area (Å²) in [6, 6.07) is 7.65. The number of likely N-dealkylation sites (tertiary alicyclic amines) is 1. The number of hydrogen-bond acceptors (Lipinski definition) is 3. The zero-order valence-corrected chi connectivity index (χ0v) is 20.6. The molecule has 1 N–H and O–H groups in total. The van der Waals surface area contributed by atoms with Gasteiger partial charge in [0.2, 0.25) is 11.8 Å². The van der Waals surface area contributed by atoms with E-state index in [2.05, 4.69) is 53.1 Å². The van der Waals surface area contributed by atoms with Gasteiger partial charge in [-0.3, -0.25) is 9.59 Å². The first-order valence-corrected chi connectivity index (χ1v) is 12.1. The van der Waals surface area contributed by atoms with Crippen molar-refractivity contribution < 1.29 is 9.59 Å². The number of hydrogen-bond donors (Lipinski definition) is 1. The molecule has 170 valence electrons. The predicted octanol–water partition coefficient (Wildman–Crippen LogP) is 5.85. The van der Waals surface area contributed by atoms with Crippen LogP contribution in [0, 0.1) is 17.3 Å². The molecule has 2 rings (SSSR count). The molecular formula is C26H38N2O2S. The second-order valence-electron chi connectivity index (χ2n) is 9.47. The van der Waals surface area contributed by atoms with Crippen molar-refractivity contribution in [2.24, 2.45) is 17.3 Å². The predicted molar refractivity (Wildman–Crippen MR) is 132 cm³/mol. The SMILES string of the molecule is C=CSC(=C)c1ccc(CNC(=O)C2CC(CC)CN2C(=O)C(CC)C(C)(C)C)cc1. The Morgan fingerprint density at radius 3 is 2.42 bits per heavy atom. The van der Waals surface area contributed by atoms with Crippen LogP contribution in [-0.4, -0.2) is 29.3 Å². The summed E-state index contributed by atoms with van der Waals surface area (Å²) in [5.41, 5.74) is 1.95. The molecule has 2 amide bonds. The molecule has 0 bridgehead atoms.